The van der Waals surface area contributed by atoms with Crippen molar-refractivity contribution in [2.24, 2.45) is 0 Å². The molecule has 2 unspecified atom stereocenters. The standard InChI is InChI=1S/C25H28F2O2/c1-3-5-6-7-18-8-10-19(11-9-18)22-14-12-20(17-29-22)21-13-15-23(28-16-4-2)25(27)24(21)26/h3-5,8-11,13,15,20,22H,2,6-7,12,14,16-17H2,1H3/b5-3+. The topological polar surface area (TPSA) is 18.5 Å². The summed E-state index contributed by atoms with van der Waals surface area (Å²) in [6, 6.07) is 11.6. The van der Waals surface area contributed by atoms with E-state index >= 15 is 0 Å². The van der Waals surface area contributed by atoms with Crippen LogP contribution in [0.2, 0.25) is 0 Å². The molecule has 0 amide bonds. The van der Waals surface area contributed by atoms with Crippen LogP contribution in [0.5, 0.6) is 5.75 Å². The van der Waals surface area contributed by atoms with Gasteiger partial charge in [0.25, 0.3) is 0 Å². The van der Waals surface area contributed by atoms with E-state index in [1.54, 1.807) is 6.07 Å². The lowest BCUT2D eigenvalue weighted by molar-refractivity contribution is 0.00160. The number of hydrogen-bond donors (Lipinski definition) is 0. The summed E-state index contributed by atoms with van der Waals surface area (Å²) in [7, 11) is 0. The van der Waals surface area contributed by atoms with Gasteiger partial charge in [-0.05, 0) is 55.4 Å². The Kier molecular flexibility index (Phi) is 7.59. The third-order valence-corrected chi connectivity index (χ3v) is 5.34. The SMILES string of the molecule is C=CCOc1ccc(C2CCC(c3ccc(CC/C=C/C)cc3)OC2)c(F)c1F. The van der Waals surface area contributed by atoms with Gasteiger partial charge in [0.1, 0.15) is 6.61 Å². The second-order valence-corrected chi connectivity index (χ2v) is 7.33. The molecule has 1 fully saturated rings. The minimum atomic E-state index is -0.944. The number of hydrogen-bond acceptors (Lipinski definition) is 2. The van der Waals surface area contributed by atoms with Crippen LogP contribution in [0.4, 0.5) is 8.78 Å². The van der Waals surface area contributed by atoms with Gasteiger partial charge in [-0.15, -0.1) is 0 Å². The van der Waals surface area contributed by atoms with Crippen molar-refractivity contribution in [3.8, 4) is 5.75 Å². The highest BCUT2D eigenvalue weighted by Gasteiger charge is 2.28. The van der Waals surface area contributed by atoms with E-state index in [0.717, 1.165) is 31.2 Å². The van der Waals surface area contributed by atoms with Crippen LogP contribution in [-0.2, 0) is 11.2 Å². The van der Waals surface area contributed by atoms with Gasteiger partial charge < -0.3 is 9.47 Å². The smallest absolute Gasteiger partial charge is 0.200 e. The Labute approximate surface area is 171 Å². The Morgan fingerprint density at radius 3 is 2.55 bits per heavy atom. The quantitative estimate of drug-likeness (QED) is 0.462. The summed E-state index contributed by atoms with van der Waals surface area (Å²) in [6.45, 7) is 6.05. The minimum absolute atomic E-state index is 0.000978. The lowest BCUT2D eigenvalue weighted by Crippen LogP contribution is -2.20. The maximum absolute atomic E-state index is 14.5. The fraction of sp³-hybridized carbons (Fsp3) is 0.360. The number of halogens is 2. The highest BCUT2D eigenvalue weighted by atomic mass is 19.2. The number of benzene rings is 2. The lowest BCUT2D eigenvalue weighted by atomic mass is 9.89. The van der Waals surface area contributed by atoms with Gasteiger partial charge in [0, 0.05) is 5.92 Å². The molecule has 1 aliphatic rings. The van der Waals surface area contributed by atoms with E-state index in [4.69, 9.17) is 9.47 Å². The molecule has 2 nitrogen and oxygen atoms in total. The Bertz CT molecular complexity index is 835. The van der Waals surface area contributed by atoms with Gasteiger partial charge in [-0.2, -0.15) is 4.39 Å². The monoisotopic (exact) mass is 398 g/mol. The number of aryl methyl sites for hydroxylation is 1. The summed E-state index contributed by atoms with van der Waals surface area (Å²) in [6.07, 6.45) is 9.31. The molecule has 29 heavy (non-hydrogen) atoms. The summed E-state index contributed by atoms with van der Waals surface area (Å²) in [4.78, 5) is 0. The minimum Gasteiger partial charge on any atom is -0.486 e. The molecule has 1 saturated heterocycles. The molecule has 2 aromatic carbocycles. The summed E-state index contributed by atoms with van der Waals surface area (Å²) < 4.78 is 39.9. The molecule has 0 aromatic heterocycles. The van der Waals surface area contributed by atoms with Crippen LogP contribution in [-0.4, -0.2) is 13.2 Å². The van der Waals surface area contributed by atoms with E-state index < -0.39 is 11.6 Å². The first-order valence-corrected chi connectivity index (χ1v) is 10.2. The number of allylic oxidation sites excluding steroid dienone is 2. The third-order valence-electron chi connectivity index (χ3n) is 5.34. The van der Waals surface area contributed by atoms with Gasteiger partial charge in [-0.1, -0.05) is 55.1 Å². The molecule has 0 bridgehead atoms. The third kappa shape index (κ3) is 5.33. The molecule has 4 heteroatoms. The van der Waals surface area contributed by atoms with Crippen LogP contribution in [0.15, 0.2) is 61.2 Å². The Hall–Kier alpha value is -2.46. The van der Waals surface area contributed by atoms with Crippen molar-refractivity contribution in [1.29, 1.82) is 0 Å². The molecule has 3 rings (SSSR count). The fourth-order valence-electron chi connectivity index (χ4n) is 3.70. The molecule has 154 valence electrons. The van der Waals surface area contributed by atoms with Gasteiger partial charge in [0.15, 0.2) is 11.6 Å². The van der Waals surface area contributed by atoms with E-state index in [-0.39, 0.29) is 24.4 Å². The van der Waals surface area contributed by atoms with Crippen LogP contribution in [0, 0.1) is 11.6 Å². The molecule has 1 aliphatic heterocycles. The highest BCUT2D eigenvalue weighted by Crippen LogP contribution is 2.38. The van der Waals surface area contributed by atoms with Crippen molar-refractivity contribution < 1.29 is 18.3 Å². The van der Waals surface area contributed by atoms with Gasteiger partial charge in [0.05, 0.1) is 12.7 Å². The van der Waals surface area contributed by atoms with Crippen LogP contribution in [0.3, 0.4) is 0 Å². The van der Waals surface area contributed by atoms with Gasteiger partial charge in [-0.25, -0.2) is 4.39 Å². The van der Waals surface area contributed by atoms with E-state index in [2.05, 4.69) is 43.0 Å². The van der Waals surface area contributed by atoms with Gasteiger partial charge >= 0.3 is 0 Å². The molecule has 1 heterocycles. The maximum atomic E-state index is 14.5. The molecule has 0 radical (unpaired) electrons. The lowest BCUT2D eigenvalue weighted by Gasteiger charge is -2.30. The average Bonchev–Trinajstić information content (AvgIpc) is 2.76. The predicted octanol–water partition coefficient (Wildman–Crippen LogP) is 6.67. The first-order valence-electron chi connectivity index (χ1n) is 10.2. The zero-order valence-electron chi connectivity index (χ0n) is 16.9. The molecule has 0 saturated carbocycles. The molecule has 2 atom stereocenters. The van der Waals surface area contributed by atoms with Crippen molar-refractivity contribution >= 4 is 0 Å². The normalized spacial score (nSPS) is 19.4. The van der Waals surface area contributed by atoms with E-state index in [1.165, 1.54) is 17.7 Å². The van der Waals surface area contributed by atoms with Gasteiger partial charge in [0.2, 0.25) is 5.82 Å². The molecule has 2 aromatic rings. The maximum Gasteiger partial charge on any atom is 0.200 e. The van der Waals surface area contributed by atoms with Gasteiger partial charge in [-0.3, -0.25) is 0 Å². The number of rotatable bonds is 8. The zero-order valence-corrected chi connectivity index (χ0v) is 16.9. The van der Waals surface area contributed by atoms with Crippen LogP contribution in [0.25, 0.3) is 0 Å². The fourth-order valence-corrected chi connectivity index (χ4v) is 3.70. The second kappa shape index (κ2) is 10.4. The second-order valence-electron chi connectivity index (χ2n) is 7.33. The Balaban J connectivity index is 1.60. The molecule has 0 aliphatic carbocycles. The Morgan fingerprint density at radius 1 is 1.10 bits per heavy atom. The van der Waals surface area contributed by atoms with E-state index in [9.17, 15) is 8.78 Å². The summed E-state index contributed by atoms with van der Waals surface area (Å²) in [5.41, 5.74) is 2.79. The summed E-state index contributed by atoms with van der Waals surface area (Å²) >= 11 is 0. The molecular weight excluding hydrogens is 370 g/mol. The largest absolute Gasteiger partial charge is 0.486 e. The van der Waals surface area contributed by atoms with E-state index in [0.29, 0.717) is 12.2 Å². The number of ether oxygens (including phenoxy) is 2. The summed E-state index contributed by atoms with van der Waals surface area (Å²) in [5.74, 6) is -2.03. The van der Waals surface area contributed by atoms with Crippen molar-refractivity contribution in [3.63, 3.8) is 0 Å². The average molecular weight is 398 g/mol. The van der Waals surface area contributed by atoms with Crippen molar-refractivity contribution in [2.75, 3.05) is 13.2 Å². The first kappa shape index (κ1) is 21.3. The molecule has 0 spiro atoms. The molecular formula is C25H28F2O2. The van der Waals surface area contributed by atoms with Crippen LogP contribution in [0.1, 0.15) is 54.9 Å². The zero-order chi connectivity index (χ0) is 20.6. The molecule has 0 N–H and O–H groups in total. The highest BCUT2D eigenvalue weighted by molar-refractivity contribution is 5.34. The predicted molar refractivity (Wildman–Crippen MR) is 112 cm³/mol. The van der Waals surface area contributed by atoms with Crippen molar-refractivity contribution in [1.82, 2.24) is 0 Å². The summed E-state index contributed by atoms with van der Waals surface area (Å²) in [5, 5.41) is 0. The Morgan fingerprint density at radius 2 is 1.90 bits per heavy atom. The van der Waals surface area contributed by atoms with Crippen molar-refractivity contribution in [3.05, 3.63) is 89.5 Å². The van der Waals surface area contributed by atoms with Crippen LogP contribution >= 0.6 is 0 Å². The van der Waals surface area contributed by atoms with Crippen LogP contribution < -0.4 is 4.74 Å². The first-order chi connectivity index (χ1) is 14.1. The van der Waals surface area contributed by atoms with E-state index in [1.807, 2.05) is 6.92 Å². The van der Waals surface area contributed by atoms with Crippen molar-refractivity contribution in [2.45, 2.75) is 44.6 Å².